The Balaban J connectivity index is 2.03. The molecule has 1 aromatic carbocycles. The van der Waals surface area contributed by atoms with Crippen LogP contribution in [0, 0.1) is 13.8 Å². The van der Waals surface area contributed by atoms with Crippen LogP contribution < -0.4 is 5.32 Å². The number of carbonyl (C=O) groups is 2. The van der Waals surface area contributed by atoms with E-state index in [4.69, 9.17) is 9.15 Å². The Morgan fingerprint density at radius 3 is 2.59 bits per heavy atom. The largest absolute Gasteiger partial charge is 0.462 e. The number of amides is 1. The number of halogens is 1. The van der Waals surface area contributed by atoms with Gasteiger partial charge in [0.1, 0.15) is 10.6 Å². The Morgan fingerprint density at radius 1 is 1.19 bits per heavy atom. The number of hydrogen-bond donors (Lipinski definition) is 1. The normalized spacial score (nSPS) is 10.7. The minimum absolute atomic E-state index is 0.151. The maximum Gasteiger partial charge on any atom is 0.341 e. The lowest BCUT2D eigenvalue weighted by molar-refractivity contribution is 0.0529. The van der Waals surface area contributed by atoms with Gasteiger partial charge in [-0.25, -0.2) is 4.79 Å². The molecule has 0 radical (unpaired) electrons. The predicted octanol–water partition coefficient (Wildman–Crippen LogP) is 5.82. The van der Waals surface area contributed by atoms with E-state index in [2.05, 4.69) is 27.3 Å². The van der Waals surface area contributed by atoms with Crippen molar-refractivity contribution in [2.75, 3.05) is 11.9 Å². The minimum atomic E-state index is -0.468. The van der Waals surface area contributed by atoms with E-state index in [1.807, 2.05) is 31.4 Å². The first-order valence-electron chi connectivity index (χ1n) is 8.33. The van der Waals surface area contributed by atoms with Crippen molar-refractivity contribution in [1.29, 1.82) is 0 Å². The van der Waals surface area contributed by atoms with Crippen molar-refractivity contribution in [3.8, 4) is 11.1 Å². The zero-order valence-electron chi connectivity index (χ0n) is 15.1. The fourth-order valence-electron chi connectivity index (χ4n) is 2.77. The summed E-state index contributed by atoms with van der Waals surface area (Å²) >= 11 is 4.46. The number of rotatable bonds is 5. The van der Waals surface area contributed by atoms with Gasteiger partial charge in [0, 0.05) is 10.9 Å². The summed E-state index contributed by atoms with van der Waals surface area (Å²) in [5.74, 6) is -0.747. The SMILES string of the molecule is CCOC(=O)c1c(-c2ccc(C)cc2C)csc1NC(=O)c1ccc(Br)o1. The molecule has 0 atom stereocenters. The van der Waals surface area contributed by atoms with Gasteiger partial charge in [0.05, 0.1) is 6.61 Å². The number of nitrogens with one attached hydrogen (secondary N) is 1. The van der Waals surface area contributed by atoms with Crippen molar-refractivity contribution in [1.82, 2.24) is 0 Å². The Bertz CT molecular complexity index is 1010. The van der Waals surface area contributed by atoms with E-state index in [0.29, 0.717) is 15.2 Å². The number of anilines is 1. The number of aryl methyl sites for hydroxylation is 2. The Morgan fingerprint density at radius 2 is 1.96 bits per heavy atom. The number of furan rings is 1. The van der Waals surface area contributed by atoms with Crippen LogP contribution in [0.15, 0.2) is 44.8 Å². The van der Waals surface area contributed by atoms with Gasteiger partial charge in [-0.05, 0) is 60.0 Å². The van der Waals surface area contributed by atoms with Crippen LogP contribution in [-0.4, -0.2) is 18.5 Å². The molecule has 0 aliphatic rings. The fourth-order valence-corrected chi connectivity index (χ4v) is 4.02. The summed E-state index contributed by atoms with van der Waals surface area (Å²) in [7, 11) is 0. The number of carbonyl (C=O) groups excluding carboxylic acids is 2. The van der Waals surface area contributed by atoms with Crippen LogP contribution in [0.3, 0.4) is 0 Å². The number of thiophene rings is 1. The van der Waals surface area contributed by atoms with Crippen molar-refractivity contribution < 1.29 is 18.7 Å². The van der Waals surface area contributed by atoms with Gasteiger partial charge in [0.15, 0.2) is 10.4 Å². The lowest BCUT2D eigenvalue weighted by Gasteiger charge is -2.10. The summed E-state index contributed by atoms with van der Waals surface area (Å²) < 4.78 is 11.0. The van der Waals surface area contributed by atoms with E-state index in [0.717, 1.165) is 22.3 Å². The van der Waals surface area contributed by atoms with E-state index >= 15 is 0 Å². The molecule has 0 fully saturated rings. The van der Waals surface area contributed by atoms with Crippen molar-refractivity contribution >= 4 is 44.1 Å². The molecule has 0 aliphatic heterocycles. The summed E-state index contributed by atoms with van der Waals surface area (Å²) in [6.07, 6.45) is 0. The average molecular weight is 448 g/mol. The van der Waals surface area contributed by atoms with Crippen LogP contribution in [0.25, 0.3) is 11.1 Å². The average Bonchev–Trinajstić information content (AvgIpc) is 3.21. The lowest BCUT2D eigenvalue weighted by atomic mass is 9.97. The fraction of sp³-hybridized carbons (Fsp3) is 0.200. The molecule has 0 saturated carbocycles. The molecule has 0 saturated heterocycles. The molecule has 0 bridgehead atoms. The standard InChI is InChI=1S/C20H18BrNO4S/c1-4-25-20(24)17-14(13-6-5-11(2)9-12(13)3)10-27-19(17)22-18(23)15-7-8-16(21)26-15/h5-10H,4H2,1-3H3,(H,22,23). The van der Waals surface area contributed by atoms with E-state index in [-0.39, 0.29) is 12.4 Å². The molecule has 7 heteroatoms. The monoisotopic (exact) mass is 447 g/mol. The molecule has 0 aliphatic carbocycles. The number of esters is 1. The highest BCUT2D eigenvalue weighted by atomic mass is 79.9. The second-order valence-corrected chi connectivity index (χ2v) is 7.61. The minimum Gasteiger partial charge on any atom is -0.462 e. The third kappa shape index (κ3) is 4.14. The van der Waals surface area contributed by atoms with Gasteiger partial charge in [-0.15, -0.1) is 11.3 Å². The van der Waals surface area contributed by atoms with Crippen molar-refractivity contribution in [3.05, 3.63) is 62.8 Å². The van der Waals surface area contributed by atoms with Gasteiger partial charge < -0.3 is 14.5 Å². The zero-order chi connectivity index (χ0) is 19.6. The summed E-state index contributed by atoms with van der Waals surface area (Å²) in [6, 6.07) is 9.22. The first kappa shape index (κ1) is 19.4. The first-order valence-corrected chi connectivity index (χ1v) is 10.0. The molecular weight excluding hydrogens is 430 g/mol. The quantitative estimate of drug-likeness (QED) is 0.500. The summed E-state index contributed by atoms with van der Waals surface area (Å²) in [6.45, 7) is 6.01. The van der Waals surface area contributed by atoms with E-state index in [1.54, 1.807) is 19.1 Å². The van der Waals surface area contributed by atoms with Crippen LogP contribution in [0.5, 0.6) is 0 Å². The van der Waals surface area contributed by atoms with Crippen LogP contribution in [-0.2, 0) is 4.74 Å². The van der Waals surface area contributed by atoms with Gasteiger partial charge in [-0.1, -0.05) is 23.8 Å². The van der Waals surface area contributed by atoms with Crippen LogP contribution >= 0.6 is 27.3 Å². The molecule has 3 rings (SSSR count). The highest BCUT2D eigenvalue weighted by Gasteiger charge is 2.24. The Hall–Kier alpha value is -2.38. The zero-order valence-corrected chi connectivity index (χ0v) is 17.5. The molecule has 3 aromatic rings. The molecule has 2 aromatic heterocycles. The van der Waals surface area contributed by atoms with Crippen LogP contribution in [0.4, 0.5) is 5.00 Å². The van der Waals surface area contributed by atoms with Gasteiger partial charge >= 0.3 is 5.97 Å². The Kier molecular flexibility index (Phi) is 5.82. The van der Waals surface area contributed by atoms with Crippen LogP contribution in [0.1, 0.15) is 39.0 Å². The summed E-state index contributed by atoms with van der Waals surface area (Å²) in [5, 5.41) is 5.05. The van der Waals surface area contributed by atoms with Crippen LogP contribution in [0.2, 0.25) is 0 Å². The highest BCUT2D eigenvalue weighted by molar-refractivity contribution is 9.10. The molecular formula is C20H18BrNO4S. The number of ether oxygens (including phenoxy) is 1. The smallest absolute Gasteiger partial charge is 0.341 e. The second-order valence-electron chi connectivity index (χ2n) is 5.95. The third-order valence-electron chi connectivity index (χ3n) is 3.97. The second kappa shape index (κ2) is 8.10. The van der Waals surface area contributed by atoms with Gasteiger partial charge in [-0.3, -0.25) is 4.79 Å². The van der Waals surface area contributed by atoms with Crippen molar-refractivity contribution in [3.63, 3.8) is 0 Å². The summed E-state index contributed by atoms with van der Waals surface area (Å²) in [4.78, 5) is 25.1. The molecule has 27 heavy (non-hydrogen) atoms. The van der Waals surface area contributed by atoms with E-state index in [9.17, 15) is 9.59 Å². The maximum absolute atomic E-state index is 12.6. The Labute approximate surface area is 169 Å². The van der Waals surface area contributed by atoms with E-state index < -0.39 is 11.9 Å². The van der Waals surface area contributed by atoms with Gasteiger partial charge in [0.2, 0.25) is 0 Å². The van der Waals surface area contributed by atoms with Crippen molar-refractivity contribution in [2.24, 2.45) is 0 Å². The first-order chi connectivity index (χ1) is 12.9. The van der Waals surface area contributed by atoms with Gasteiger partial charge in [0.25, 0.3) is 5.91 Å². The van der Waals surface area contributed by atoms with Gasteiger partial charge in [-0.2, -0.15) is 0 Å². The molecule has 0 spiro atoms. The molecule has 1 amide bonds. The molecule has 5 nitrogen and oxygen atoms in total. The third-order valence-corrected chi connectivity index (χ3v) is 5.29. The highest BCUT2D eigenvalue weighted by Crippen LogP contribution is 2.38. The van der Waals surface area contributed by atoms with E-state index in [1.165, 1.54) is 11.3 Å². The molecule has 0 unspecified atom stereocenters. The van der Waals surface area contributed by atoms with Crippen molar-refractivity contribution in [2.45, 2.75) is 20.8 Å². The molecule has 1 N–H and O–H groups in total. The number of hydrogen-bond acceptors (Lipinski definition) is 5. The number of benzene rings is 1. The maximum atomic E-state index is 12.6. The molecule has 140 valence electrons. The molecule has 2 heterocycles. The topological polar surface area (TPSA) is 68.5 Å². The summed E-state index contributed by atoms with van der Waals surface area (Å²) in [5.41, 5.74) is 4.22. The predicted molar refractivity (Wildman–Crippen MR) is 110 cm³/mol. The lowest BCUT2D eigenvalue weighted by Crippen LogP contribution is -2.14.